The van der Waals surface area contributed by atoms with Gasteiger partial charge in [0.05, 0.1) is 13.2 Å². The molecule has 0 spiro atoms. The maximum absolute atomic E-state index is 6.17. The molecule has 1 aromatic rings. The largest absolute Gasteiger partial charge is 0.494 e. The van der Waals surface area contributed by atoms with Gasteiger partial charge in [-0.3, -0.25) is 0 Å². The van der Waals surface area contributed by atoms with E-state index in [4.69, 9.17) is 15.2 Å². The van der Waals surface area contributed by atoms with Gasteiger partial charge in [0.1, 0.15) is 11.5 Å². The van der Waals surface area contributed by atoms with Crippen molar-refractivity contribution in [2.75, 3.05) is 19.8 Å². The molecule has 0 amide bonds. The fourth-order valence-electron chi connectivity index (χ4n) is 3.83. The second-order valence-electron chi connectivity index (χ2n) is 6.33. The summed E-state index contributed by atoms with van der Waals surface area (Å²) in [5.74, 6) is 3.61. The van der Waals surface area contributed by atoms with Crippen LogP contribution in [0.2, 0.25) is 0 Å². The Morgan fingerprint density at radius 1 is 1.14 bits per heavy atom. The third-order valence-corrected chi connectivity index (χ3v) is 4.94. The lowest BCUT2D eigenvalue weighted by Gasteiger charge is -2.35. The normalized spacial score (nSPS) is 23.1. The molecule has 1 fully saturated rings. The molecule has 0 aliphatic heterocycles. The van der Waals surface area contributed by atoms with Crippen LogP contribution in [0.25, 0.3) is 0 Å². The first-order valence-corrected chi connectivity index (χ1v) is 8.80. The number of rotatable bonds is 7. The highest BCUT2D eigenvalue weighted by atomic mass is 16.5. The maximum atomic E-state index is 6.17. The summed E-state index contributed by atoms with van der Waals surface area (Å²) in [4.78, 5) is 0. The van der Waals surface area contributed by atoms with Crippen LogP contribution < -0.4 is 15.2 Å². The minimum Gasteiger partial charge on any atom is -0.494 e. The summed E-state index contributed by atoms with van der Waals surface area (Å²) in [5, 5.41) is 0. The van der Waals surface area contributed by atoms with E-state index in [-0.39, 0.29) is 0 Å². The molecule has 0 saturated heterocycles. The lowest BCUT2D eigenvalue weighted by molar-refractivity contribution is 0.214. The van der Waals surface area contributed by atoms with Gasteiger partial charge in [0.2, 0.25) is 0 Å². The summed E-state index contributed by atoms with van der Waals surface area (Å²) in [5.41, 5.74) is 7.43. The monoisotopic (exact) mass is 305 g/mol. The minimum atomic E-state index is 0.382. The first-order valence-electron chi connectivity index (χ1n) is 8.80. The van der Waals surface area contributed by atoms with E-state index in [1.54, 1.807) is 0 Å². The second kappa shape index (κ2) is 8.42. The molecule has 3 unspecified atom stereocenters. The van der Waals surface area contributed by atoms with Crippen molar-refractivity contribution >= 4 is 0 Å². The summed E-state index contributed by atoms with van der Waals surface area (Å²) in [6, 6.07) is 6.24. The van der Waals surface area contributed by atoms with E-state index in [1.807, 2.05) is 19.9 Å². The third kappa shape index (κ3) is 3.95. The summed E-state index contributed by atoms with van der Waals surface area (Å²) in [7, 11) is 0. The summed E-state index contributed by atoms with van der Waals surface area (Å²) in [6.45, 7) is 8.42. The molecule has 22 heavy (non-hydrogen) atoms. The van der Waals surface area contributed by atoms with E-state index in [0.717, 1.165) is 17.4 Å². The Morgan fingerprint density at radius 3 is 2.50 bits per heavy atom. The molecule has 2 rings (SSSR count). The van der Waals surface area contributed by atoms with Gasteiger partial charge in [0.15, 0.2) is 0 Å². The Morgan fingerprint density at radius 2 is 1.86 bits per heavy atom. The highest BCUT2D eigenvalue weighted by Gasteiger charge is 2.31. The molecule has 0 bridgehead atoms. The van der Waals surface area contributed by atoms with Crippen LogP contribution in [-0.4, -0.2) is 19.8 Å². The zero-order valence-corrected chi connectivity index (χ0v) is 14.3. The summed E-state index contributed by atoms with van der Waals surface area (Å²) < 4.78 is 11.5. The lowest BCUT2D eigenvalue weighted by atomic mass is 9.71. The Bertz CT molecular complexity index is 461. The van der Waals surface area contributed by atoms with Crippen molar-refractivity contribution in [1.82, 2.24) is 0 Å². The van der Waals surface area contributed by atoms with Gasteiger partial charge in [-0.05, 0) is 50.3 Å². The first kappa shape index (κ1) is 17.1. The van der Waals surface area contributed by atoms with Gasteiger partial charge in [0.25, 0.3) is 0 Å². The second-order valence-corrected chi connectivity index (χ2v) is 6.33. The summed E-state index contributed by atoms with van der Waals surface area (Å²) in [6.07, 6.45) is 5.28. The molecule has 1 saturated carbocycles. The van der Waals surface area contributed by atoms with Gasteiger partial charge < -0.3 is 15.2 Å². The lowest BCUT2D eigenvalue weighted by Crippen LogP contribution is -2.29. The van der Waals surface area contributed by atoms with Crippen LogP contribution in [0, 0.1) is 11.8 Å². The van der Waals surface area contributed by atoms with Gasteiger partial charge in [-0.2, -0.15) is 0 Å². The predicted octanol–water partition coefficient (Wildman–Crippen LogP) is 4.35. The molecule has 0 radical (unpaired) electrons. The molecule has 2 N–H and O–H groups in total. The van der Waals surface area contributed by atoms with Crippen LogP contribution in [0.3, 0.4) is 0 Å². The number of hydrogen-bond acceptors (Lipinski definition) is 3. The van der Waals surface area contributed by atoms with E-state index >= 15 is 0 Å². The van der Waals surface area contributed by atoms with E-state index in [9.17, 15) is 0 Å². The smallest absolute Gasteiger partial charge is 0.126 e. The van der Waals surface area contributed by atoms with Crippen molar-refractivity contribution in [3.8, 4) is 11.5 Å². The standard InChI is InChI=1S/C19H31NO2/c1-4-21-15-10-11-17(19(12-15)22-5-2)18(13-20)16-9-7-6-8-14(16)3/h10-12,14,16,18H,4-9,13,20H2,1-3H3. The average Bonchev–Trinajstić information content (AvgIpc) is 2.52. The van der Waals surface area contributed by atoms with Crippen LogP contribution in [0.4, 0.5) is 0 Å². The van der Waals surface area contributed by atoms with Crippen LogP contribution in [0.15, 0.2) is 18.2 Å². The molecule has 1 aliphatic carbocycles. The molecule has 3 atom stereocenters. The Labute approximate surface area is 135 Å². The van der Waals surface area contributed by atoms with Crippen molar-refractivity contribution in [3.63, 3.8) is 0 Å². The highest BCUT2D eigenvalue weighted by molar-refractivity contribution is 5.43. The topological polar surface area (TPSA) is 44.5 Å². The Kier molecular flexibility index (Phi) is 6.56. The number of benzene rings is 1. The van der Waals surface area contributed by atoms with Gasteiger partial charge in [0, 0.05) is 12.0 Å². The maximum Gasteiger partial charge on any atom is 0.126 e. The Balaban J connectivity index is 2.30. The molecule has 3 nitrogen and oxygen atoms in total. The molecule has 3 heteroatoms. The number of nitrogens with two attached hydrogens (primary N) is 1. The number of ether oxygens (including phenoxy) is 2. The van der Waals surface area contributed by atoms with Crippen molar-refractivity contribution in [3.05, 3.63) is 23.8 Å². The molecule has 0 heterocycles. The average molecular weight is 305 g/mol. The zero-order chi connectivity index (χ0) is 15.9. The molecular formula is C19H31NO2. The van der Waals surface area contributed by atoms with Gasteiger partial charge in [-0.25, -0.2) is 0 Å². The first-order chi connectivity index (χ1) is 10.7. The number of hydrogen-bond donors (Lipinski definition) is 1. The minimum absolute atomic E-state index is 0.382. The van der Waals surface area contributed by atoms with E-state index in [0.29, 0.717) is 31.6 Å². The van der Waals surface area contributed by atoms with Crippen molar-refractivity contribution in [1.29, 1.82) is 0 Å². The van der Waals surface area contributed by atoms with Crippen molar-refractivity contribution in [2.24, 2.45) is 17.6 Å². The summed E-state index contributed by atoms with van der Waals surface area (Å²) >= 11 is 0. The van der Waals surface area contributed by atoms with Crippen LogP contribution in [0.1, 0.15) is 57.9 Å². The zero-order valence-electron chi connectivity index (χ0n) is 14.3. The highest BCUT2D eigenvalue weighted by Crippen LogP contribution is 2.42. The van der Waals surface area contributed by atoms with Gasteiger partial charge >= 0.3 is 0 Å². The van der Waals surface area contributed by atoms with Crippen molar-refractivity contribution in [2.45, 2.75) is 52.4 Å². The van der Waals surface area contributed by atoms with Gasteiger partial charge in [-0.1, -0.05) is 32.3 Å². The Hall–Kier alpha value is -1.22. The van der Waals surface area contributed by atoms with Gasteiger partial charge in [-0.15, -0.1) is 0 Å². The molecule has 1 aliphatic rings. The molecule has 1 aromatic carbocycles. The fourth-order valence-corrected chi connectivity index (χ4v) is 3.83. The predicted molar refractivity (Wildman–Crippen MR) is 91.7 cm³/mol. The van der Waals surface area contributed by atoms with Crippen LogP contribution >= 0.6 is 0 Å². The van der Waals surface area contributed by atoms with E-state index in [1.165, 1.54) is 31.2 Å². The van der Waals surface area contributed by atoms with Crippen LogP contribution in [0.5, 0.6) is 11.5 Å². The van der Waals surface area contributed by atoms with E-state index in [2.05, 4.69) is 19.1 Å². The fraction of sp³-hybridized carbons (Fsp3) is 0.684. The SMILES string of the molecule is CCOc1ccc(C(CN)C2CCCCC2C)c(OCC)c1. The molecular weight excluding hydrogens is 274 g/mol. The third-order valence-electron chi connectivity index (χ3n) is 4.94. The van der Waals surface area contributed by atoms with Crippen molar-refractivity contribution < 1.29 is 9.47 Å². The molecule has 124 valence electrons. The van der Waals surface area contributed by atoms with E-state index < -0.39 is 0 Å². The molecule has 0 aromatic heterocycles. The van der Waals surface area contributed by atoms with Crippen LogP contribution in [-0.2, 0) is 0 Å². The quantitative estimate of drug-likeness (QED) is 0.814.